The van der Waals surface area contributed by atoms with Gasteiger partial charge in [-0.2, -0.15) is 0 Å². The highest BCUT2D eigenvalue weighted by Crippen LogP contribution is 2.25. The van der Waals surface area contributed by atoms with Gasteiger partial charge in [0.1, 0.15) is 5.02 Å². The van der Waals surface area contributed by atoms with Crippen LogP contribution in [0, 0.1) is 10.1 Å². The first-order valence-corrected chi connectivity index (χ1v) is 7.88. The van der Waals surface area contributed by atoms with Crippen molar-refractivity contribution in [2.75, 3.05) is 11.9 Å². The molecule has 1 aromatic carbocycles. The van der Waals surface area contributed by atoms with Crippen molar-refractivity contribution in [3.63, 3.8) is 0 Å². The predicted molar refractivity (Wildman–Crippen MR) is 86.8 cm³/mol. The molecule has 120 valence electrons. The summed E-state index contributed by atoms with van der Waals surface area (Å²) in [4.78, 5) is 37.4. The number of carbonyl (C=O) groups excluding carboxylic acids is 2. The first kappa shape index (κ1) is 17.3. The lowest BCUT2D eigenvalue weighted by atomic mass is 10.2. The fourth-order valence-corrected chi connectivity index (χ4v) is 2.77. The minimum Gasteiger partial charge on any atom is -0.452 e. The number of ether oxygens (including phenoxy) is 1. The Morgan fingerprint density at radius 1 is 1.48 bits per heavy atom. The number of esters is 1. The van der Waals surface area contributed by atoms with Crippen LogP contribution in [0.2, 0.25) is 5.02 Å². The maximum absolute atomic E-state index is 11.8. The Bertz CT molecular complexity index is 782. The molecule has 0 fully saturated rings. The van der Waals surface area contributed by atoms with Crippen LogP contribution in [-0.4, -0.2) is 28.4 Å². The van der Waals surface area contributed by atoms with Gasteiger partial charge in [-0.15, -0.1) is 0 Å². The Labute approximate surface area is 146 Å². The van der Waals surface area contributed by atoms with Crippen LogP contribution in [0.4, 0.5) is 10.8 Å². The van der Waals surface area contributed by atoms with Gasteiger partial charge in [0.2, 0.25) is 0 Å². The molecule has 1 N–H and O–H groups in total. The number of amides is 1. The lowest BCUT2D eigenvalue weighted by Crippen LogP contribution is -2.20. The van der Waals surface area contributed by atoms with Crippen molar-refractivity contribution in [2.45, 2.75) is 0 Å². The SMILES string of the molecule is O=C(COC(=O)c1ccc(Cl)c([N+](=O)[O-])c1)Nc1ncc(Br)s1. The van der Waals surface area contributed by atoms with Crippen molar-refractivity contribution in [3.8, 4) is 0 Å². The van der Waals surface area contributed by atoms with E-state index in [4.69, 9.17) is 16.3 Å². The Hall–Kier alpha value is -2.04. The minimum atomic E-state index is -0.875. The van der Waals surface area contributed by atoms with Crippen LogP contribution in [0.1, 0.15) is 10.4 Å². The quantitative estimate of drug-likeness (QED) is 0.451. The number of hydrogen-bond donors (Lipinski definition) is 1. The summed E-state index contributed by atoms with van der Waals surface area (Å²) < 4.78 is 5.53. The van der Waals surface area contributed by atoms with Gasteiger partial charge in [-0.1, -0.05) is 22.9 Å². The zero-order valence-electron chi connectivity index (χ0n) is 11.1. The number of benzene rings is 1. The molecule has 0 unspecified atom stereocenters. The van der Waals surface area contributed by atoms with Crippen LogP contribution in [0.5, 0.6) is 0 Å². The number of nitro groups is 1. The summed E-state index contributed by atoms with van der Waals surface area (Å²) >= 11 is 10.0. The summed E-state index contributed by atoms with van der Waals surface area (Å²) in [6.07, 6.45) is 1.51. The van der Waals surface area contributed by atoms with Crippen LogP contribution in [0.15, 0.2) is 28.2 Å². The van der Waals surface area contributed by atoms with Crippen molar-refractivity contribution in [1.82, 2.24) is 4.98 Å². The Balaban J connectivity index is 1.95. The van der Waals surface area contributed by atoms with Crippen LogP contribution in [0.3, 0.4) is 0 Å². The first-order chi connectivity index (χ1) is 10.9. The molecule has 0 spiro atoms. The average molecular weight is 421 g/mol. The monoisotopic (exact) mass is 419 g/mol. The summed E-state index contributed by atoms with van der Waals surface area (Å²) in [7, 11) is 0. The van der Waals surface area contributed by atoms with E-state index in [1.165, 1.54) is 29.7 Å². The molecular weight excluding hydrogens is 414 g/mol. The van der Waals surface area contributed by atoms with E-state index < -0.39 is 29.1 Å². The van der Waals surface area contributed by atoms with E-state index in [0.29, 0.717) is 5.13 Å². The number of aromatic nitrogens is 1. The zero-order chi connectivity index (χ0) is 17.0. The fraction of sp³-hybridized carbons (Fsp3) is 0.0833. The van der Waals surface area contributed by atoms with Crippen LogP contribution < -0.4 is 5.32 Å². The molecule has 0 aliphatic rings. The first-order valence-electron chi connectivity index (χ1n) is 5.89. The van der Waals surface area contributed by atoms with Crippen molar-refractivity contribution in [1.29, 1.82) is 0 Å². The molecule has 0 bridgehead atoms. The average Bonchev–Trinajstić information content (AvgIpc) is 2.90. The number of halogens is 2. The molecule has 1 heterocycles. The highest BCUT2D eigenvalue weighted by atomic mass is 79.9. The highest BCUT2D eigenvalue weighted by Gasteiger charge is 2.18. The van der Waals surface area contributed by atoms with Crippen molar-refractivity contribution >= 4 is 61.6 Å². The summed E-state index contributed by atoms with van der Waals surface area (Å²) in [5, 5.41) is 13.5. The van der Waals surface area contributed by atoms with Crippen molar-refractivity contribution in [2.24, 2.45) is 0 Å². The van der Waals surface area contributed by atoms with Crippen molar-refractivity contribution in [3.05, 3.63) is 48.9 Å². The number of carbonyl (C=O) groups is 2. The zero-order valence-corrected chi connectivity index (χ0v) is 14.3. The smallest absolute Gasteiger partial charge is 0.338 e. The van der Waals surface area contributed by atoms with E-state index in [-0.39, 0.29) is 10.6 Å². The summed E-state index contributed by atoms with van der Waals surface area (Å²) in [5.41, 5.74) is -0.496. The minimum absolute atomic E-state index is 0.0779. The summed E-state index contributed by atoms with van der Waals surface area (Å²) in [6.45, 7) is -0.549. The van der Waals surface area contributed by atoms with E-state index in [1.807, 2.05) is 0 Å². The van der Waals surface area contributed by atoms with Crippen LogP contribution in [0.25, 0.3) is 0 Å². The molecule has 0 atom stereocenters. The largest absolute Gasteiger partial charge is 0.452 e. The van der Waals surface area contributed by atoms with Crippen molar-refractivity contribution < 1.29 is 19.2 Å². The molecular formula is C12H7BrClN3O5S. The molecule has 1 amide bonds. The second-order valence-electron chi connectivity index (χ2n) is 4.02. The van der Waals surface area contributed by atoms with Gasteiger partial charge in [-0.25, -0.2) is 9.78 Å². The molecule has 0 aliphatic carbocycles. The Kier molecular flexibility index (Phi) is 5.64. The molecule has 0 saturated carbocycles. The number of nitro benzene ring substituents is 1. The third kappa shape index (κ3) is 4.71. The molecule has 2 aromatic rings. The second kappa shape index (κ2) is 7.49. The lowest BCUT2D eigenvalue weighted by molar-refractivity contribution is -0.384. The molecule has 1 aromatic heterocycles. The number of nitrogens with one attached hydrogen (secondary N) is 1. The Morgan fingerprint density at radius 2 is 2.22 bits per heavy atom. The van der Waals surface area contributed by atoms with Gasteiger partial charge in [-0.3, -0.25) is 20.2 Å². The fourth-order valence-electron chi connectivity index (χ4n) is 1.46. The number of hydrogen-bond acceptors (Lipinski definition) is 7. The lowest BCUT2D eigenvalue weighted by Gasteiger charge is -2.05. The molecule has 0 saturated heterocycles. The maximum Gasteiger partial charge on any atom is 0.338 e. The van der Waals surface area contributed by atoms with Gasteiger partial charge in [0.05, 0.1) is 20.5 Å². The maximum atomic E-state index is 11.8. The van der Waals surface area contributed by atoms with Crippen LogP contribution >= 0.6 is 38.9 Å². The number of anilines is 1. The summed E-state index contributed by atoms with van der Waals surface area (Å²) in [6, 6.07) is 3.47. The molecule has 11 heteroatoms. The number of nitrogens with zero attached hydrogens (tertiary/aromatic N) is 2. The van der Waals surface area contributed by atoms with Gasteiger partial charge >= 0.3 is 5.97 Å². The summed E-state index contributed by atoms with van der Waals surface area (Å²) in [5.74, 6) is -1.45. The van der Waals surface area contributed by atoms with E-state index in [2.05, 4.69) is 26.2 Å². The Morgan fingerprint density at radius 3 is 2.83 bits per heavy atom. The topological polar surface area (TPSA) is 111 Å². The highest BCUT2D eigenvalue weighted by molar-refractivity contribution is 9.11. The third-order valence-electron chi connectivity index (χ3n) is 2.44. The van der Waals surface area contributed by atoms with E-state index in [1.54, 1.807) is 0 Å². The second-order valence-corrected chi connectivity index (χ2v) is 6.83. The molecule has 8 nitrogen and oxygen atoms in total. The number of thiazole rings is 1. The van der Waals surface area contributed by atoms with Gasteiger partial charge in [0.25, 0.3) is 11.6 Å². The standard InChI is InChI=1S/C12H7BrClN3O5S/c13-9-4-15-12(23-9)16-10(18)5-22-11(19)6-1-2-7(14)8(3-6)17(20)21/h1-4H,5H2,(H,15,16,18). The molecule has 0 radical (unpaired) electrons. The van der Waals surface area contributed by atoms with E-state index in [9.17, 15) is 19.7 Å². The van der Waals surface area contributed by atoms with Gasteiger partial charge < -0.3 is 4.74 Å². The van der Waals surface area contributed by atoms with E-state index in [0.717, 1.165) is 9.85 Å². The third-order valence-corrected chi connectivity index (χ3v) is 4.15. The predicted octanol–water partition coefficient (Wildman–Crippen LogP) is 3.26. The molecule has 0 aliphatic heterocycles. The molecule has 2 rings (SSSR count). The van der Waals surface area contributed by atoms with E-state index >= 15 is 0 Å². The number of rotatable bonds is 5. The van der Waals surface area contributed by atoms with Crippen LogP contribution in [-0.2, 0) is 9.53 Å². The van der Waals surface area contributed by atoms with Gasteiger partial charge in [0, 0.05) is 6.07 Å². The van der Waals surface area contributed by atoms with Gasteiger partial charge in [-0.05, 0) is 28.1 Å². The molecule has 23 heavy (non-hydrogen) atoms. The normalized spacial score (nSPS) is 10.2. The van der Waals surface area contributed by atoms with Gasteiger partial charge in [0.15, 0.2) is 11.7 Å².